The molecule has 0 amide bonds. The van der Waals surface area contributed by atoms with E-state index in [0.717, 1.165) is 5.56 Å². The molecule has 0 bridgehead atoms. The van der Waals surface area contributed by atoms with Crippen LogP contribution < -0.4 is 11.2 Å². The lowest BCUT2D eigenvalue weighted by Gasteiger charge is -2.01. The van der Waals surface area contributed by atoms with Crippen LogP contribution in [0, 0.1) is 0 Å². The second kappa shape index (κ2) is 8.16. The number of hydrazone groups is 1. The molecular formula is C14H18N4OS. The fourth-order valence-corrected chi connectivity index (χ4v) is 1.65. The van der Waals surface area contributed by atoms with Crippen molar-refractivity contribution in [3.8, 4) is 0 Å². The van der Waals surface area contributed by atoms with Gasteiger partial charge in [-0.1, -0.05) is 30.0 Å². The first-order valence-electron chi connectivity index (χ1n) is 5.98. The Hall–Kier alpha value is -2.08. The number of nitrogens with one attached hydrogen (secondary N) is 1. The maximum Gasteiger partial charge on any atom is 0.206 e. The number of anilines is 1. The molecule has 1 rings (SSSR count). The van der Waals surface area contributed by atoms with Gasteiger partial charge in [-0.25, -0.2) is 4.99 Å². The van der Waals surface area contributed by atoms with Gasteiger partial charge in [-0.2, -0.15) is 0 Å². The highest BCUT2D eigenvalue weighted by atomic mass is 32.2. The van der Waals surface area contributed by atoms with E-state index in [-0.39, 0.29) is 5.78 Å². The number of hydrogen-bond acceptors (Lipinski definition) is 5. The minimum Gasteiger partial charge on any atom is -0.398 e. The third kappa shape index (κ3) is 5.71. The molecule has 3 N–H and O–H groups in total. The molecule has 0 saturated carbocycles. The van der Waals surface area contributed by atoms with E-state index in [1.165, 1.54) is 24.8 Å². The molecule has 1 aromatic carbocycles. The van der Waals surface area contributed by atoms with E-state index in [2.05, 4.69) is 15.5 Å². The molecule has 0 aliphatic rings. The predicted molar refractivity (Wildman–Crippen MR) is 87.0 cm³/mol. The molecule has 0 radical (unpaired) electrons. The SMILES string of the molecule is CSC(N=Cc1ccccc1N)=NNC(C)=CC(C)=O. The van der Waals surface area contributed by atoms with Crippen LogP contribution in [-0.4, -0.2) is 23.4 Å². The zero-order chi connectivity index (χ0) is 15.0. The highest BCUT2D eigenvalue weighted by Crippen LogP contribution is 2.08. The topological polar surface area (TPSA) is 79.8 Å². The molecule has 20 heavy (non-hydrogen) atoms. The first kappa shape index (κ1) is 16.0. The van der Waals surface area contributed by atoms with E-state index < -0.39 is 0 Å². The maximum atomic E-state index is 10.9. The first-order valence-corrected chi connectivity index (χ1v) is 7.20. The van der Waals surface area contributed by atoms with Crippen molar-refractivity contribution in [1.29, 1.82) is 0 Å². The Bertz CT molecular complexity index is 564. The Morgan fingerprint density at radius 1 is 1.35 bits per heavy atom. The number of thioether (sulfide) groups is 1. The van der Waals surface area contributed by atoms with Crippen LogP contribution in [0.4, 0.5) is 5.69 Å². The Morgan fingerprint density at radius 3 is 2.65 bits per heavy atom. The molecule has 6 heteroatoms. The summed E-state index contributed by atoms with van der Waals surface area (Å²) in [4.78, 5) is 15.2. The van der Waals surface area contributed by atoms with Crippen LogP contribution in [0.1, 0.15) is 19.4 Å². The van der Waals surface area contributed by atoms with Gasteiger partial charge < -0.3 is 5.73 Å². The van der Waals surface area contributed by atoms with Crippen molar-refractivity contribution in [3.63, 3.8) is 0 Å². The third-order valence-corrected chi connectivity index (χ3v) is 2.80. The molecular weight excluding hydrogens is 272 g/mol. The standard InChI is InChI=1S/C14H18N4OS/c1-10(8-11(2)19)17-18-14(20-3)16-9-12-6-4-5-7-13(12)15/h4-9,17H,15H2,1-3H3. The Labute approximate surface area is 123 Å². The summed E-state index contributed by atoms with van der Waals surface area (Å²) >= 11 is 1.39. The lowest BCUT2D eigenvalue weighted by atomic mass is 10.2. The monoisotopic (exact) mass is 290 g/mol. The van der Waals surface area contributed by atoms with Crippen molar-refractivity contribution in [1.82, 2.24) is 5.43 Å². The van der Waals surface area contributed by atoms with Crippen molar-refractivity contribution in [3.05, 3.63) is 41.6 Å². The number of carbonyl (C=O) groups excluding carboxylic acids is 1. The number of rotatable bonds is 4. The Morgan fingerprint density at radius 2 is 2.05 bits per heavy atom. The van der Waals surface area contributed by atoms with Crippen molar-refractivity contribution in [2.45, 2.75) is 13.8 Å². The number of nitrogens with two attached hydrogens (primary N) is 1. The number of aliphatic imine (C=N–C) groups is 1. The fourth-order valence-electron chi connectivity index (χ4n) is 1.35. The van der Waals surface area contributed by atoms with Crippen molar-refractivity contribution in [2.24, 2.45) is 10.1 Å². The van der Waals surface area contributed by atoms with Crippen LogP contribution in [0.15, 0.2) is 46.1 Å². The highest BCUT2D eigenvalue weighted by Gasteiger charge is 1.97. The van der Waals surface area contributed by atoms with Gasteiger partial charge >= 0.3 is 0 Å². The summed E-state index contributed by atoms with van der Waals surface area (Å²) in [6.07, 6.45) is 5.01. The third-order valence-electron chi connectivity index (χ3n) is 2.24. The van der Waals surface area contributed by atoms with Crippen LogP contribution in [0.5, 0.6) is 0 Å². The normalized spacial score (nSPS) is 12.8. The number of para-hydroxylation sites is 1. The van der Waals surface area contributed by atoms with Crippen LogP contribution >= 0.6 is 11.8 Å². The molecule has 0 aliphatic carbocycles. The molecule has 5 nitrogen and oxygen atoms in total. The molecule has 106 valence electrons. The van der Waals surface area contributed by atoms with Gasteiger partial charge in [-0.05, 0) is 26.2 Å². The predicted octanol–water partition coefficient (Wildman–Crippen LogP) is 2.40. The Balaban J connectivity index is 2.77. The molecule has 0 fully saturated rings. The lowest BCUT2D eigenvalue weighted by molar-refractivity contribution is -0.112. The molecule has 0 aromatic heterocycles. The lowest BCUT2D eigenvalue weighted by Crippen LogP contribution is -2.06. The zero-order valence-corrected chi connectivity index (χ0v) is 12.6. The number of amidine groups is 1. The fraction of sp³-hybridized carbons (Fsp3) is 0.214. The molecule has 0 atom stereocenters. The quantitative estimate of drug-likeness (QED) is 0.293. The van der Waals surface area contributed by atoms with Gasteiger partial charge in [0, 0.05) is 29.2 Å². The molecule has 0 aliphatic heterocycles. The number of nitrogen functional groups attached to an aromatic ring is 1. The second-order valence-corrected chi connectivity index (χ2v) is 4.81. The van der Waals surface area contributed by atoms with E-state index in [9.17, 15) is 4.79 Å². The van der Waals surface area contributed by atoms with Crippen LogP contribution in [0.2, 0.25) is 0 Å². The van der Waals surface area contributed by atoms with Crippen LogP contribution in [-0.2, 0) is 4.79 Å². The van der Waals surface area contributed by atoms with E-state index in [1.54, 1.807) is 13.1 Å². The number of nitrogens with zero attached hydrogens (tertiary/aromatic N) is 2. The molecule has 1 aromatic rings. The van der Waals surface area contributed by atoms with Crippen LogP contribution in [0.3, 0.4) is 0 Å². The van der Waals surface area contributed by atoms with Crippen molar-refractivity contribution in [2.75, 3.05) is 12.0 Å². The second-order valence-electron chi connectivity index (χ2n) is 4.04. The molecule has 0 unspecified atom stereocenters. The molecule has 0 spiro atoms. The van der Waals surface area contributed by atoms with Crippen LogP contribution in [0.25, 0.3) is 0 Å². The number of allylic oxidation sites excluding steroid dienone is 2. The van der Waals surface area contributed by atoms with Gasteiger partial charge in [0.2, 0.25) is 5.17 Å². The summed E-state index contributed by atoms with van der Waals surface area (Å²) in [6.45, 7) is 3.25. The molecule has 0 heterocycles. The number of ketones is 1. The number of benzene rings is 1. The van der Waals surface area contributed by atoms with Crippen molar-refractivity contribution < 1.29 is 4.79 Å². The summed E-state index contributed by atoms with van der Waals surface area (Å²) < 4.78 is 0. The Kier molecular flexibility index (Phi) is 6.52. The summed E-state index contributed by atoms with van der Waals surface area (Å²) in [5.41, 5.74) is 10.8. The minimum atomic E-state index is -0.0311. The minimum absolute atomic E-state index is 0.0311. The number of carbonyl (C=O) groups is 1. The van der Waals surface area contributed by atoms with Gasteiger partial charge in [-0.3, -0.25) is 10.2 Å². The molecule has 0 saturated heterocycles. The summed E-state index contributed by atoms with van der Waals surface area (Å²) in [6, 6.07) is 7.46. The van der Waals surface area contributed by atoms with Gasteiger partial charge in [0.05, 0.1) is 0 Å². The maximum absolute atomic E-state index is 10.9. The zero-order valence-electron chi connectivity index (χ0n) is 11.8. The average Bonchev–Trinajstić information content (AvgIpc) is 2.40. The van der Waals surface area contributed by atoms with E-state index >= 15 is 0 Å². The van der Waals surface area contributed by atoms with E-state index in [1.807, 2.05) is 30.5 Å². The smallest absolute Gasteiger partial charge is 0.206 e. The largest absolute Gasteiger partial charge is 0.398 e. The van der Waals surface area contributed by atoms with E-state index in [0.29, 0.717) is 16.6 Å². The van der Waals surface area contributed by atoms with Crippen molar-refractivity contribution >= 4 is 34.6 Å². The highest BCUT2D eigenvalue weighted by molar-refractivity contribution is 8.13. The summed E-state index contributed by atoms with van der Waals surface area (Å²) in [5.74, 6) is -0.0311. The van der Waals surface area contributed by atoms with Gasteiger partial charge in [-0.15, -0.1) is 5.10 Å². The van der Waals surface area contributed by atoms with Gasteiger partial charge in [0.15, 0.2) is 5.78 Å². The summed E-state index contributed by atoms with van der Waals surface area (Å²) in [5, 5.41) is 4.66. The van der Waals surface area contributed by atoms with E-state index in [4.69, 9.17) is 5.73 Å². The average molecular weight is 290 g/mol. The first-order chi connectivity index (χ1) is 9.52. The number of hydrogen-bond donors (Lipinski definition) is 2. The van der Waals surface area contributed by atoms with Gasteiger partial charge in [0.25, 0.3) is 0 Å². The van der Waals surface area contributed by atoms with Gasteiger partial charge in [0.1, 0.15) is 0 Å². The summed E-state index contributed by atoms with van der Waals surface area (Å²) in [7, 11) is 0.